The number of rotatable bonds is 2. The largest absolute Gasteiger partial charge is 0.113 e. The average Bonchev–Trinajstić information content (AvgIpc) is 2.48. The molecule has 3 rings (SSSR count). The van der Waals surface area contributed by atoms with E-state index in [1.165, 1.54) is 5.39 Å². The van der Waals surface area contributed by atoms with Crippen molar-refractivity contribution in [3.8, 4) is 0 Å². The van der Waals surface area contributed by atoms with Crippen LogP contribution < -0.4 is 0 Å². The first-order valence-electron chi connectivity index (χ1n) is 6.23. The van der Waals surface area contributed by atoms with Crippen LogP contribution in [0.5, 0.6) is 0 Å². The number of alkyl halides is 1. The van der Waals surface area contributed by atoms with E-state index in [0.29, 0.717) is 5.02 Å². The van der Waals surface area contributed by atoms with E-state index >= 15 is 0 Å². The maximum absolute atomic E-state index is 6.68. The number of fused-ring (bicyclic) bond motifs is 1. The molecule has 0 saturated heterocycles. The Morgan fingerprint density at radius 3 is 2.45 bits per heavy atom. The van der Waals surface area contributed by atoms with Crippen molar-refractivity contribution in [2.45, 2.75) is 5.38 Å². The van der Waals surface area contributed by atoms with Gasteiger partial charge in [-0.1, -0.05) is 70.0 Å². The Morgan fingerprint density at radius 1 is 0.850 bits per heavy atom. The maximum atomic E-state index is 6.68. The van der Waals surface area contributed by atoms with Crippen LogP contribution in [0.2, 0.25) is 5.02 Å². The van der Waals surface area contributed by atoms with Crippen molar-refractivity contribution in [1.29, 1.82) is 0 Å². The van der Waals surface area contributed by atoms with Gasteiger partial charge >= 0.3 is 0 Å². The summed E-state index contributed by atoms with van der Waals surface area (Å²) in [4.78, 5) is 0. The summed E-state index contributed by atoms with van der Waals surface area (Å²) in [5.74, 6) is 0. The van der Waals surface area contributed by atoms with Crippen LogP contribution in [0.15, 0.2) is 65.1 Å². The third-order valence-electron chi connectivity index (χ3n) is 3.33. The van der Waals surface area contributed by atoms with E-state index in [1.54, 1.807) is 0 Å². The molecular weight excluding hydrogens is 355 g/mol. The van der Waals surface area contributed by atoms with Gasteiger partial charge in [0, 0.05) is 9.50 Å². The molecule has 1 unspecified atom stereocenters. The second-order valence-corrected chi connectivity index (χ2v) is 6.36. The van der Waals surface area contributed by atoms with Crippen LogP contribution in [0.4, 0.5) is 0 Å². The molecule has 1 atom stereocenters. The molecular formula is C17H11BrCl2. The number of hydrogen-bond acceptors (Lipinski definition) is 0. The maximum Gasteiger partial charge on any atom is 0.0856 e. The Labute approximate surface area is 136 Å². The van der Waals surface area contributed by atoms with Crippen molar-refractivity contribution in [1.82, 2.24) is 0 Å². The highest BCUT2D eigenvalue weighted by Crippen LogP contribution is 2.38. The lowest BCUT2D eigenvalue weighted by atomic mass is 9.98. The Bertz CT molecular complexity index is 763. The van der Waals surface area contributed by atoms with Gasteiger partial charge in [0.1, 0.15) is 0 Å². The molecule has 20 heavy (non-hydrogen) atoms. The highest BCUT2D eigenvalue weighted by molar-refractivity contribution is 9.10. The van der Waals surface area contributed by atoms with Gasteiger partial charge in [0.15, 0.2) is 0 Å². The second-order valence-electron chi connectivity index (χ2n) is 4.60. The van der Waals surface area contributed by atoms with E-state index < -0.39 is 0 Å². The fourth-order valence-corrected chi connectivity index (χ4v) is 3.38. The summed E-state index contributed by atoms with van der Waals surface area (Å²) in [5.41, 5.74) is 1.99. The minimum Gasteiger partial charge on any atom is -0.113 e. The third-order valence-corrected chi connectivity index (χ3v) is 4.64. The van der Waals surface area contributed by atoms with Crippen LogP contribution in [-0.2, 0) is 0 Å². The van der Waals surface area contributed by atoms with Crippen molar-refractivity contribution in [2.75, 3.05) is 0 Å². The van der Waals surface area contributed by atoms with Gasteiger partial charge in [-0.3, -0.25) is 0 Å². The molecule has 0 fully saturated rings. The zero-order valence-corrected chi connectivity index (χ0v) is 13.6. The molecule has 3 aromatic carbocycles. The molecule has 0 bridgehead atoms. The summed E-state index contributed by atoms with van der Waals surface area (Å²) in [6.07, 6.45) is 0. The lowest BCUT2D eigenvalue weighted by Crippen LogP contribution is -1.96. The standard InChI is InChI=1S/C17H11BrCl2/c18-12-8-9-16(19)15(10-12)17(20)14-7-3-5-11-4-1-2-6-13(11)14/h1-10,17H. The summed E-state index contributed by atoms with van der Waals surface area (Å²) >= 11 is 16.4. The van der Waals surface area contributed by atoms with Crippen LogP contribution in [0, 0.1) is 0 Å². The molecule has 0 aliphatic heterocycles. The fraction of sp³-hybridized carbons (Fsp3) is 0.0588. The van der Waals surface area contributed by atoms with Crippen LogP contribution >= 0.6 is 39.1 Å². The molecule has 3 aromatic rings. The molecule has 0 N–H and O–H groups in total. The first-order chi connectivity index (χ1) is 9.66. The topological polar surface area (TPSA) is 0 Å². The highest BCUT2D eigenvalue weighted by Gasteiger charge is 2.16. The van der Waals surface area contributed by atoms with E-state index in [-0.39, 0.29) is 5.38 Å². The van der Waals surface area contributed by atoms with Gasteiger partial charge < -0.3 is 0 Å². The van der Waals surface area contributed by atoms with Crippen LogP contribution in [0.25, 0.3) is 10.8 Å². The van der Waals surface area contributed by atoms with E-state index in [9.17, 15) is 0 Å². The molecule has 0 aliphatic carbocycles. The molecule has 0 amide bonds. The predicted octanol–water partition coefficient (Wildman–Crippen LogP) is 6.58. The minimum absolute atomic E-state index is 0.272. The molecule has 0 heterocycles. The second kappa shape index (κ2) is 5.77. The zero-order valence-electron chi connectivity index (χ0n) is 10.5. The number of hydrogen-bond donors (Lipinski definition) is 0. The van der Waals surface area contributed by atoms with Gasteiger partial charge in [0.25, 0.3) is 0 Å². The summed E-state index contributed by atoms with van der Waals surface area (Å²) < 4.78 is 0.975. The zero-order chi connectivity index (χ0) is 14.1. The van der Waals surface area contributed by atoms with Gasteiger partial charge in [-0.15, -0.1) is 11.6 Å². The van der Waals surface area contributed by atoms with Gasteiger partial charge in [0.05, 0.1) is 5.38 Å². The number of halogens is 3. The lowest BCUT2D eigenvalue weighted by Gasteiger charge is -2.15. The molecule has 100 valence electrons. The average molecular weight is 366 g/mol. The van der Waals surface area contributed by atoms with Crippen molar-refractivity contribution in [3.63, 3.8) is 0 Å². The summed E-state index contributed by atoms with van der Waals surface area (Å²) in [6, 6.07) is 20.2. The molecule has 0 radical (unpaired) electrons. The summed E-state index contributed by atoms with van der Waals surface area (Å²) in [6.45, 7) is 0. The normalized spacial score (nSPS) is 12.6. The van der Waals surface area contributed by atoms with E-state index in [4.69, 9.17) is 23.2 Å². The van der Waals surface area contributed by atoms with E-state index in [1.807, 2.05) is 36.4 Å². The van der Waals surface area contributed by atoms with Gasteiger partial charge in [-0.25, -0.2) is 0 Å². The van der Waals surface area contributed by atoms with Crippen molar-refractivity contribution < 1.29 is 0 Å². The minimum atomic E-state index is -0.272. The molecule has 0 aromatic heterocycles. The Morgan fingerprint density at radius 2 is 1.60 bits per heavy atom. The number of benzene rings is 3. The first kappa shape index (κ1) is 13.9. The van der Waals surface area contributed by atoms with Crippen LogP contribution in [-0.4, -0.2) is 0 Å². The fourth-order valence-electron chi connectivity index (χ4n) is 2.35. The Kier molecular flexibility index (Phi) is 4.02. The van der Waals surface area contributed by atoms with E-state index in [2.05, 4.69) is 40.2 Å². The Hall–Kier alpha value is -1.02. The molecule has 3 heteroatoms. The lowest BCUT2D eigenvalue weighted by molar-refractivity contribution is 1.16. The highest BCUT2D eigenvalue weighted by atomic mass is 79.9. The smallest absolute Gasteiger partial charge is 0.0856 e. The monoisotopic (exact) mass is 364 g/mol. The molecule has 0 aliphatic rings. The van der Waals surface area contributed by atoms with Crippen molar-refractivity contribution >= 4 is 49.9 Å². The molecule has 0 nitrogen and oxygen atoms in total. The summed E-state index contributed by atoms with van der Waals surface area (Å²) in [7, 11) is 0. The van der Waals surface area contributed by atoms with Crippen LogP contribution in [0.1, 0.15) is 16.5 Å². The van der Waals surface area contributed by atoms with Gasteiger partial charge in [-0.2, -0.15) is 0 Å². The van der Waals surface area contributed by atoms with Crippen molar-refractivity contribution in [2.24, 2.45) is 0 Å². The van der Waals surface area contributed by atoms with Gasteiger partial charge in [-0.05, 0) is 40.1 Å². The van der Waals surface area contributed by atoms with Gasteiger partial charge in [0.2, 0.25) is 0 Å². The molecule has 0 spiro atoms. The third kappa shape index (κ3) is 2.58. The predicted molar refractivity (Wildman–Crippen MR) is 90.8 cm³/mol. The quantitative estimate of drug-likeness (QED) is 0.449. The summed E-state index contributed by atoms with van der Waals surface area (Å²) in [5, 5.41) is 2.75. The van der Waals surface area contributed by atoms with E-state index in [0.717, 1.165) is 21.0 Å². The first-order valence-corrected chi connectivity index (χ1v) is 7.84. The Balaban J connectivity index is 2.17. The van der Waals surface area contributed by atoms with Crippen LogP contribution in [0.3, 0.4) is 0 Å². The van der Waals surface area contributed by atoms with Crippen molar-refractivity contribution in [3.05, 3.63) is 81.3 Å². The SMILES string of the molecule is Clc1ccc(Br)cc1C(Cl)c1cccc2ccccc12. The molecule has 0 saturated carbocycles.